The van der Waals surface area contributed by atoms with Crippen LogP contribution in [-0.2, 0) is 25.8 Å². The molecule has 0 bridgehead atoms. The first-order valence-corrected chi connectivity index (χ1v) is 11.0. The average molecular weight is 443 g/mol. The Hall–Kier alpha value is -2.33. The predicted octanol–water partition coefficient (Wildman–Crippen LogP) is 3.52. The maximum absolute atomic E-state index is 13.3. The number of sulfonamides is 1. The molecule has 1 aromatic heterocycles. The Morgan fingerprint density at radius 2 is 1.70 bits per heavy atom. The van der Waals surface area contributed by atoms with E-state index < -0.39 is 32.5 Å². The van der Waals surface area contributed by atoms with Crippen molar-refractivity contribution >= 4 is 21.7 Å². The van der Waals surface area contributed by atoms with E-state index in [1.54, 1.807) is 10.7 Å². The maximum atomic E-state index is 13.3. The minimum absolute atomic E-state index is 0.150. The Kier molecular flexibility index (Phi) is 6.72. The van der Waals surface area contributed by atoms with Crippen molar-refractivity contribution in [2.45, 2.75) is 63.8 Å². The van der Waals surface area contributed by atoms with E-state index in [1.165, 1.54) is 0 Å². The molecule has 0 fully saturated rings. The lowest BCUT2D eigenvalue weighted by Gasteiger charge is -2.23. The van der Waals surface area contributed by atoms with Gasteiger partial charge in [-0.15, -0.1) is 0 Å². The number of hydrogen-bond acceptors (Lipinski definition) is 4. The lowest BCUT2D eigenvalue weighted by atomic mass is 9.92. The fourth-order valence-corrected chi connectivity index (χ4v) is 3.62. The molecule has 7 nitrogen and oxygen atoms in total. The number of nitrogens with one attached hydrogen (secondary N) is 2. The van der Waals surface area contributed by atoms with Gasteiger partial charge in [-0.3, -0.25) is 4.79 Å². The quantitative estimate of drug-likeness (QED) is 0.716. The van der Waals surface area contributed by atoms with Gasteiger partial charge in [-0.2, -0.15) is 5.10 Å². The topological polar surface area (TPSA) is 93.1 Å². The van der Waals surface area contributed by atoms with E-state index in [2.05, 4.69) is 15.1 Å². The first-order valence-electron chi connectivity index (χ1n) is 9.47. The fourth-order valence-electron chi connectivity index (χ4n) is 2.58. The molecule has 166 valence electrons. The molecule has 0 aliphatic carbocycles. The standard InChI is InChI=1S/C20H28F2N4O3S/c1-19(2,3)16-12-17(26(25-16)20(4,5)6)24-18(27)9-10-23-30(28,29)13-7-8-14(21)15(22)11-13/h7-8,11-12,23H,9-10H2,1-6H3,(H,24,27). The molecular weight excluding hydrogens is 414 g/mol. The first-order chi connectivity index (χ1) is 13.6. The molecule has 10 heteroatoms. The van der Waals surface area contributed by atoms with E-state index in [0.29, 0.717) is 11.9 Å². The Labute approximate surface area is 175 Å². The molecule has 0 radical (unpaired) electrons. The van der Waals surface area contributed by atoms with Crippen molar-refractivity contribution in [1.82, 2.24) is 14.5 Å². The number of halogens is 2. The molecule has 2 N–H and O–H groups in total. The van der Waals surface area contributed by atoms with E-state index in [4.69, 9.17) is 0 Å². The molecule has 0 saturated carbocycles. The summed E-state index contributed by atoms with van der Waals surface area (Å²) in [4.78, 5) is 12.0. The molecule has 0 saturated heterocycles. The second kappa shape index (κ2) is 8.43. The van der Waals surface area contributed by atoms with Crippen LogP contribution in [0, 0.1) is 11.6 Å². The number of hydrogen-bond donors (Lipinski definition) is 2. The molecule has 1 amide bonds. The van der Waals surface area contributed by atoms with E-state index in [0.717, 1.165) is 17.8 Å². The van der Waals surface area contributed by atoms with Gasteiger partial charge in [-0.25, -0.2) is 26.6 Å². The summed E-state index contributed by atoms with van der Waals surface area (Å²) in [6.45, 7) is 11.7. The smallest absolute Gasteiger partial charge is 0.240 e. The number of aromatic nitrogens is 2. The van der Waals surface area contributed by atoms with Crippen molar-refractivity contribution in [1.29, 1.82) is 0 Å². The van der Waals surface area contributed by atoms with Crippen LogP contribution < -0.4 is 10.0 Å². The predicted molar refractivity (Wildman–Crippen MR) is 111 cm³/mol. The summed E-state index contributed by atoms with van der Waals surface area (Å²) in [5.41, 5.74) is 0.225. The van der Waals surface area contributed by atoms with Gasteiger partial charge < -0.3 is 5.32 Å². The van der Waals surface area contributed by atoms with Gasteiger partial charge in [-0.1, -0.05) is 20.8 Å². The molecular formula is C20H28F2N4O3S. The Morgan fingerprint density at radius 3 is 2.23 bits per heavy atom. The molecule has 1 heterocycles. The molecule has 0 spiro atoms. The molecule has 2 rings (SSSR count). The van der Waals surface area contributed by atoms with Crippen molar-refractivity contribution < 1.29 is 22.0 Å². The highest BCUT2D eigenvalue weighted by atomic mass is 32.2. The van der Waals surface area contributed by atoms with Gasteiger partial charge in [-0.05, 0) is 39.0 Å². The summed E-state index contributed by atoms with van der Waals surface area (Å²) in [5.74, 6) is -2.30. The van der Waals surface area contributed by atoms with Gasteiger partial charge in [0.15, 0.2) is 11.6 Å². The third-order valence-corrected chi connectivity index (χ3v) is 5.68. The van der Waals surface area contributed by atoms with Gasteiger partial charge in [0, 0.05) is 24.4 Å². The molecule has 2 aromatic rings. The summed E-state index contributed by atoms with van der Waals surface area (Å²) in [5, 5.41) is 7.37. The van der Waals surface area contributed by atoms with Crippen LogP contribution in [0.5, 0.6) is 0 Å². The molecule has 0 atom stereocenters. The van der Waals surface area contributed by atoms with E-state index in [9.17, 15) is 22.0 Å². The van der Waals surface area contributed by atoms with Crippen LogP contribution in [0.25, 0.3) is 0 Å². The highest BCUT2D eigenvalue weighted by molar-refractivity contribution is 7.89. The van der Waals surface area contributed by atoms with Gasteiger partial charge in [0.1, 0.15) is 5.82 Å². The van der Waals surface area contributed by atoms with Gasteiger partial charge in [0.2, 0.25) is 15.9 Å². The lowest BCUT2D eigenvalue weighted by Crippen LogP contribution is -2.30. The van der Waals surface area contributed by atoms with Crippen LogP contribution in [0.15, 0.2) is 29.2 Å². The van der Waals surface area contributed by atoms with E-state index in [1.807, 2.05) is 41.5 Å². The van der Waals surface area contributed by atoms with Crippen LogP contribution in [-0.4, -0.2) is 30.7 Å². The Balaban J connectivity index is 2.06. The zero-order chi connectivity index (χ0) is 22.9. The van der Waals surface area contributed by atoms with Crippen LogP contribution in [0.1, 0.15) is 53.7 Å². The maximum Gasteiger partial charge on any atom is 0.240 e. The SMILES string of the molecule is CC(C)(C)c1cc(NC(=O)CCNS(=O)(=O)c2ccc(F)c(F)c2)n(C(C)(C)C)n1. The number of anilines is 1. The van der Waals surface area contributed by atoms with Crippen LogP contribution in [0.4, 0.5) is 14.6 Å². The summed E-state index contributed by atoms with van der Waals surface area (Å²) in [6.07, 6.45) is -0.150. The third kappa shape index (κ3) is 5.85. The van der Waals surface area contributed by atoms with E-state index in [-0.39, 0.29) is 23.9 Å². The van der Waals surface area contributed by atoms with Crippen molar-refractivity contribution in [3.05, 3.63) is 41.6 Å². The van der Waals surface area contributed by atoms with E-state index >= 15 is 0 Å². The lowest BCUT2D eigenvalue weighted by molar-refractivity contribution is -0.116. The first kappa shape index (κ1) is 23.9. The molecule has 1 aromatic carbocycles. The number of amides is 1. The summed E-state index contributed by atoms with van der Waals surface area (Å²) in [7, 11) is -4.07. The number of rotatable bonds is 6. The minimum atomic E-state index is -4.07. The number of benzene rings is 1. The largest absolute Gasteiger partial charge is 0.311 e. The number of nitrogens with zero attached hydrogens (tertiary/aromatic N) is 2. The highest BCUT2D eigenvalue weighted by Crippen LogP contribution is 2.28. The Bertz CT molecular complexity index is 1040. The molecule has 0 aliphatic rings. The monoisotopic (exact) mass is 442 g/mol. The summed E-state index contributed by atoms with van der Waals surface area (Å²) < 4.78 is 54.6. The summed E-state index contributed by atoms with van der Waals surface area (Å²) in [6, 6.07) is 4.08. The molecule has 30 heavy (non-hydrogen) atoms. The van der Waals surface area contributed by atoms with Crippen molar-refractivity contribution in [2.75, 3.05) is 11.9 Å². The average Bonchev–Trinajstić information content (AvgIpc) is 3.01. The number of carbonyl (C=O) groups excluding carboxylic acids is 1. The van der Waals surface area contributed by atoms with Crippen LogP contribution in [0.3, 0.4) is 0 Å². The zero-order valence-electron chi connectivity index (χ0n) is 18.0. The van der Waals surface area contributed by atoms with Gasteiger partial charge in [0.25, 0.3) is 0 Å². The number of carbonyl (C=O) groups is 1. The van der Waals surface area contributed by atoms with Crippen molar-refractivity contribution in [3.8, 4) is 0 Å². The van der Waals surface area contributed by atoms with Crippen LogP contribution in [0.2, 0.25) is 0 Å². The van der Waals surface area contributed by atoms with Gasteiger partial charge >= 0.3 is 0 Å². The Morgan fingerprint density at radius 1 is 1.07 bits per heavy atom. The second-order valence-corrected chi connectivity index (χ2v) is 10.8. The second-order valence-electron chi connectivity index (χ2n) is 9.02. The highest BCUT2D eigenvalue weighted by Gasteiger charge is 2.26. The normalized spacial score (nSPS) is 12.8. The van der Waals surface area contributed by atoms with Crippen molar-refractivity contribution in [3.63, 3.8) is 0 Å². The molecule has 0 unspecified atom stereocenters. The van der Waals surface area contributed by atoms with Crippen LogP contribution >= 0.6 is 0 Å². The molecule has 0 aliphatic heterocycles. The third-order valence-electron chi connectivity index (χ3n) is 4.23. The minimum Gasteiger partial charge on any atom is -0.311 e. The summed E-state index contributed by atoms with van der Waals surface area (Å²) >= 11 is 0. The van der Waals surface area contributed by atoms with Crippen molar-refractivity contribution in [2.24, 2.45) is 0 Å². The fraction of sp³-hybridized carbons (Fsp3) is 0.500. The van der Waals surface area contributed by atoms with Gasteiger partial charge in [0.05, 0.1) is 16.1 Å². The zero-order valence-corrected chi connectivity index (χ0v) is 18.8.